The number of aliphatic hydroxyl groups is 16. The molecule has 30 aliphatic rings. The minimum Gasteiger partial charge on any atom is -0.550 e. The van der Waals surface area contributed by atoms with E-state index in [0.717, 1.165) is 94.1 Å². The summed E-state index contributed by atoms with van der Waals surface area (Å²) in [4.78, 5) is 93.3. The second-order valence-electron chi connectivity index (χ2n) is 30.6. The number of carboxylic acid groups (broad SMARTS) is 8. The van der Waals surface area contributed by atoms with Gasteiger partial charge in [-0.2, -0.15) is 94.1 Å². The molecule has 0 aromatic rings. The quantitative estimate of drug-likeness (QED) is 0.0200. The van der Waals surface area contributed by atoms with E-state index in [1.165, 1.54) is 0 Å². The average molecular weight is 2180 g/mol. The molecule has 136 heavy (non-hydrogen) atoms. The Bertz CT molecular complexity index is 2870. The van der Waals surface area contributed by atoms with Gasteiger partial charge in [0, 0.05) is 93.8 Å². The van der Waals surface area contributed by atoms with Crippen molar-refractivity contribution >= 4 is 142 Å². The Labute approximate surface area is 990 Å². The van der Waals surface area contributed by atoms with Crippen molar-refractivity contribution in [3.05, 3.63) is 0 Å². The van der Waals surface area contributed by atoms with E-state index >= 15 is 0 Å². The van der Waals surface area contributed by atoms with Crippen LogP contribution in [0.3, 0.4) is 0 Å². The number of ether oxygens (including phenoxy) is 16. The number of hydrogen-bond donors (Lipinski definition) is 16. The second kappa shape index (κ2) is 69.9. The zero-order valence-electron chi connectivity index (χ0n) is 75.5. The molecule has 30 fully saturated rings. The van der Waals surface area contributed by atoms with Crippen LogP contribution in [0.4, 0.5) is 0 Å². The summed E-state index contributed by atoms with van der Waals surface area (Å²) in [6.45, 7) is 0. The Morgan fingerprint density at radius 3 is 0.331 bits per heavy atom. The van der Waals surface area contributed by atoms with Crippen LogP contribution in [0.2, 0.25) is 0 Å². The number of aliphatic hydroxyl groups excluding tert-OH is 16. The van der Waals surface area contributed by atoms with Crippen LogP contribution < -0.4 is 277 Å². The summed E-state index contributed by atoms with van der Waals surface area (Å²) in [6.07, 6.45) is -88.6. The van der Waals surface area contributed by atoms with Gasteiger partial charge in [0.15, 0.2) is 50.3 Å². The van der Waals surface area contributed by atoms with Crippen molar-refractivity contribution in [1.82, 2.24) is 0 Å². The van der Waals surface area contributed by atoms with Crippen LogP contribution in [0.15, 0.2) is 0 Å². The molecule has 48 nitrogen and oxygen atoms in total. The minimum absolute atomic E-state index is 0. The summed E-state index contributed by atoms with van der Waals surface area (Å²) in [5, 5.41) is 288. The van der Waals surface area contributed by atoms with E-state index in [9.17, 15) is 161 Å². The largest absolute Gasteiger partial charge is 1.00 e. The normalized spacial score (nSPS) is 39.1. The second-order valence-corrected chi connectivity index (χ2v) is 39.8. The van der Waals surface area contributed by atoms with Gasteiger partial charge in [-0.05, 0) is 97.4 Å². The number of carboxylic acids is 8. The van der Waals surface area contributed by atoms with Crippen molar-refractivity contribution in [3.8, 4) is 0 Å². The maximum atomic E-state index is 12.2. The third-order valence-corrected chi connectivity index (χ3v) is 29.8. The first kappa shape index (κ1) is 139. The van der Waals surface area contributed by atoms with Gasteiger partial charge in [0.2, 0.25) is 0 Å². The molecule has 30 heterocycles. The first-order chi connectivity index (χ1) is 60.7. The van der Waals surface area contributed by atoms with Crippen molar-refractivity contribution in [2.75, 3.05) is 92.0 Å². The Balaban J connectivity index is 0.0000116. The van der Waals surface area contributed by atoms with Crippen LogP contribution in [-0.4, -0.2) is 467 Å². The Morgan fingerprint density at radius 2 is 0.250 bits per heavy atom. The molecule has 30 rings (SSSR count). The molecular formula is C72H104Na8O48S8. The standard InChI is InChI=1S/C72H112O48S8.8Na/c73-33(74)1-9-121-17-25-57-41(89)49(97)65(105-25)114-58-26(18-122-10-2-34(75)76)107-67(51(99)43(58)91)116-60-28(20-124-12-4-36(79)80)109-69(53(101)45(60)93)118-62-30(22-126-14-6-38(83)84)111-71(55(103)47(62)95)120-64-32(24-128-16-8-40(87)88)112-72(56(104)48(64)96)119-63-31(23-127-15-7-39(85)86)110-70(54(102)46(63)94)117-61-29(21-125-13-5-37(81)82)108-68(52(100)44(61)92)115-59-27(19-123-11-3-35(77)78)106-66(113-57)50(98)42(59)90;;;;;;;;/h25-32,41-72,89-104H,1-24H2,(H,73,74)(H,75,76)(H,77,78)(H,79,80)(H,81,82)(H,83,84)(H,85,86)(H,87,88);;;;;;;;/q;8*+1/p-8/t25?,26?,27?,28?,29?,30?,31?,32?,41-,42-,43-,44-,45-,46-,47-,48-,49-,50-,51-,52-,53-,54-,55-,56-,57+,58+,59+,60+,61+,62+,63+,64+,65+,66+,67+,68+,69+,70+,71+,72?;;;;;;;;/m0......../s1. The Hall–Kier alpha value is 5.28. The van der Waals surface area contributed by atoms with E-state index in [1.807, 2.05) is 0 Å². The van der Waals surface area contributed by atoms with Crippen LogP contribution in [-0.2, 0) is 114 Å². The number of rotatable bonds is 40. The van der Waals surface area contributed by atoms with E-state index in [1.54, 1.807) is 0 Å². The summed E-state index contributed by atoms with van der Waals surface area (Å²) in [5.74, 6) is -17.6. The molecule has 16 N–H and O–H groups in total. The maximum Gasteiger partial charge on any atom is 1.00 e. The number of carbonyl (C=O) groups excluding carboxylic acids is 8. The fraction of sp³-hybridized carbons (Fsp3) is 0.889. The van der Waals surface area contributed by atoms with E-state index in [0.29, 0.717) is 0 Å². The molecule has 736 valence electrons. The summed E-state index contributed by atoms with van der Waals surface area (Å²) >= 11 is 6.55. The molecule has 9 unspecified atom stereocenters. The van der Waals surface area contributed by atoms with Gasteiger partial charge in [-0.1, -0.05) is 0 Å². The van der Waals surface area contributed by atoms with Gasteiger partial charge in [0.1, 0.15) is 146 Å². The average Bonchev–Trinajstić information content (AvgIpc) is 0.767. The fourth-order valence-electron chi connectivity index (χ4n) is 14.6. The molecule has 0 aromatic heterocycles. The predicted molar refractivity (Wildman–Crippen MR) is 420 cm³/mol. The summed E-state index contributed by atoms with van der Waals surface area (Å²) in [6, 6.07) is 0. The van der Waals surface area contributed by atoms with Crippen LogP contribution in [0, 0.1) is 0 Å². The molecule has 30 saturated heterocycles. The predicted octanol–water partition coefficient (Wildman–Crippen LogP) is -42.3. The molecule has 0 spiro atoms. The molecule has 64 heteroatoms. The van der Waals surface area contributed by atoms with E-state index in [-0.39, 0.29) is 282 Å². The zero-order valence-corrected chi connectivity index (χ0v) is 98.1. The fourth-order valence-corrected chi connectivity index (χ4v) is 22.5. The maximum absolute atomic E-state index is 12.2. The smallest absolute Gasteiger partial charge is 0.550 e. The summed E-state index contributed by atoms with van der Waals surface area (Å²) in [7, 11) is 0. The summed E-state index contributed by atoms with van der Waals surface area (Å²) in [5.41, 5.74) is 0. The van der Waals surface area contributed by atoms with Crippen LogP contribution in [0.25, 0.3) is 0 Å². The van der Waals surface area contributed by atoms with Gasteiger partial charge in [-0.15, -0.1) is 0 Å². The molecule has 40 atom stereocenters. The van der Waals surface area contributed by atoms with Crippen molar-refractivity contribution in [3.63, 3.8) is 0 Å². The van der Waals surface area contributed by atoms with Gasteiger partial charge in [-0.3, -0.25) is 0 Å². The van der Waals surface area contributed by atoms with Crippen molar-refractivity contribution < 1.29 is 473 Å². The van der Waals surface area contributed by atoms with Gasteiger partial charge < -0.3 is 237 Å². The monoisotopic (exact) mass is 2180 g/mol. The topological polar surface area (TPSA) is 792 Å². The number of hydrogen-bond acceptors (Lipinski definition) is 56. The zero-order chi connectivity index (χ0) is 93.7. The van der Waals surface area contributed by atoms with E-state index in [4.69, 9.17) is 75.8 Å². The first-order valence-electron chi connectivity index (χ1n) is 40.3. The van der Waals surface area contributed by atoms with Crippen molar-refractivity contribution in [2.45, 2.75) is 297 Å². The molecule has 0 saturated carbocycles. The number of thioether (sulfide) groups is 8. The van der Waals surface area contributed by atoms with Crippen molar-refractivity contribution in [2.24, 2.45) is 0 Å². The van der Waals surface area contributed by atoms with E-state index < -0.39 is 391 Å². The number of aliphatic carboxylic acids is 8. The molecule has 30 aliphatic heterocycles. The molecule has 0 aliphatic carbocycles. The van der Waals surface area contributed by atoms with E-state index in [2.05, 4.69) is 0 Å². The van der Waals surface area contributed by atoms with Crippen LogP contribution in [0.1, 0.15) is 51.4 Å². The van der Waals surface area contributed by atoms with Crippen LogP contribution in [0.5, 0.6) is 0 Å². The molecule has 16 bridgehead atoms. The third-order valence-electron chi connectivity index (χ3n) is 21.3. The van der Waals surface area contributed by atoms with Crippen LogP contribution >= 0.6 is 94.1 Å². The Kier molecular flexibility index (Phi) is 71.6. The first-order valence-corrected chi connectivity index (χ1v) is 49.6. The number of carbonyl (C=O) groups is 8. The van der Waals surface area contributed by atoms with Crippen molar-refractivity contribution in [1.29, 1.82) is 0 Å². The third kappa shape index (κ3) is 41.5. The SMILES string of the molecule is O=C([O-])CCSCC1O[C@@H]2O[C@@H]3C(CSCCC(=O)[O-])O[C@H](O[C@@H]4C(CSCCC(=O)[O-])O[C@H](O[C@@H]5C(CSCCC(=O)[O-])O[C@H](O[C@@H]6C(CSCCC(=O)[O-])O[C@H](O[C@@H]7C(CSCCC(=O)[O-])O[C@H](O[C@@H]8C(CSCCC(=O)[O-])O[C@H](O[C@@H]9C(CSCCC(=O)[O-])OC(O[C@H]1[C@@H](O)[C@@H]2O)[C@@H](O)[C@@H]9O)[C@@H](O)[C@@H]8O)[C@@H](O)[C@@H]7O)[C@@H](O)[C@@H]6O)[C@@H](O)[C@@H]5O)[C@@H](O)[C@@H]4O)[C@@H](O)[C@@H]3O.[Na+].[Na+].[Na+].[Na+].[Na+].[Na+].[Na+].[Na+]. The Morgan fingerprint density at radius 1 is 0.162 bits per heavy atom. The van der Waals surface area contributed by atoms with Gasteiger partial charge in [-0.25, -0.2) is 0 Å². The molecule has 0 aromatic carbocycles. The van der Waals surface area contributed by atoms with Gasteiger partial charge in [0.25, 0.3) is 0 Å². The molecule has 0 radical (unpaired) electrons. The molecule has 0 amide bonds. The van der Waals surface area contributed by atoms with Gasteiger partial charge >= 0.3 is 236 Å². The summed E-state index contributed by atoms with van der Waals surface area (Å²) < 4.78 is 99.6. The van der Waals surface area contributed by atoms with Gasteiger partial charge in [0.05, 0.1) is 48.8 Å². The minimum atomic E-state index is -2.36. The molecular weight excluding hydrogens is 2070 g/mol.